The minimum Gasteiger partial charge on any atom is -0.390 e. The zero-order valence-electron chi connectivity index (χ0n) is 17.8. The Bertz CT molecular complexity index is 627. The second kappa shape index (κ2) is 6.78. The van der Waals surface area contributed by atoms with Gasteiger partial charge in [-0.25, -0.2) is 0 Å². The summed E-state index contributed by atoms with van der Waals surface area (Å²) in [6.07, 6.45) is 10.4. The van der Waals surface area contributed by atoms with Gasteiger partial charge in [-0.05, 0) is 99.7 Å². The van der Waals surface area contributed by atoms with Crippen molar-refractivity contribution in [3.05, 3.63) is 0 Å². The number of ketones is 1. The average molecular weight is 390 g/mol. The summed E-state index contributed by atoms with van der Waals surface area (Å²) < 4.78 is 0. The van der Waals surface area contributed by atoms with Crippen LogP contribution in [0.3, 0.4) is 0 Å². The van der Waals surface area contributed by atoms with E-state index in [1.807, 2.05) is 6.92 Å². The number of hydrogen-bond acceptors (Lipinski definition) is 4. The Kier molecular flexibility index (Phi) is 4.73. The van der Waals surface area contributed by atoms with Crippen LogP contribution in [0.1, 0.15) is 71.6 Å². The molecule has 4 nitrogen and oxygen atoms in total. The third kappa shape index (κ3) is 3.09. The fraction of sp³-hybridized carbons (Fsp3) is 0.958. The lowest BCUT2D eigenvalue weighted by Crippen LogP contribution is -2.54. The van der Waals surface area contributed by atoms with Crippen LogP contribution < -0.4 is 0 Å². The molecular formula is C24H39NO3. The number of aliphatic hydroxyl groups is 2. The first-order valence-corrected chi connectivity index (χ1v) is 11.9. The molecule has 4 heteroatoms. The molecule has 4 saturated carbocycles. The standard InChI is InChI=1S/C24H39NO3/c1-23(28)9-7-17-15(11-23)3-4-19-18(17)8-10-24(2)20(19)5-6-21(24)22(27)14-25-12-16(26)13-25/h15-21,26,28H,3-14H2,1-2H3/t15-,17-,18+,19+,20-,21+,23+,24-/m0/s1. The number of β-amino-alcohol motifs (C(OH)–C–C–N with tert-alkyl or cyclic N) is 1. The number of carbonyl (C=O) groups excluding carboxylic acids is 1. The van der Waals surface area contributed by atoms with Crippen molar-refractivity contribution in [2.24, 2.45) is 40.9 Å². The smallest absolute Gasteiger partial charge is 0.150 e. The van der Waals surface area contributed by atoms with Crippen molar-refractivity contribution < 1.29 is 15.0 Å². The summed E-state index contributed by atoms with van der Waals surface area (Å²) in [6.45, 7) is 6.38. The molecule has 0 unspecified atom stereocenters. The molecule has 1 saturated heterocycles. The van der Waals surface area contributed by atoms with E-state index in [0.717, 1.165) is 48.9 Å². The number of likely N-dealkylation sites (tertiary alicyclic amines) is 1. The Morgan fingerprint density at radius 3 is 2.46 bits per heavy atom. The molecule has 4 aliphatic carbocycles. The van der Waals surface area contributed by atoms with E-state index in [2.05, 4.69) is 11.8 Å². The number of fused-ring (bicyclic) bond motifs is 5. The molecule has 5 rings (SSSR count). The highest BCUT2D eigenvalue weighted by Crippen LogP contribution is 2.64. The van der Waals surface area contributed by atoms with Crippen LogP contribution in [-0.4, -0.2) is 52.2 Å². The molecule has 0 amide bonds. The van der Waals surface area contributed by atoms with Crippen molar-refractivity contribution in [3.8, 4) is 0 Å². The Balaban J connectivity index is 1.28. The van der Waals surface area contributed by atoms with E-state index >= 15 is 0 Å². The molecular weight excluding hydrogens is 350 g/mol. The minimum atomic E-state index is -0.438. The molecule has 0 radical (unpaired) electrons. The van der Waals surface area contributed by atoms with Crippen LogP contribution >= 0.6 is 0 Å². The van der Waals surface area contributed by atoms with Crippen LogP contribution in [-0.2, 0) is 4.79 Å². The zero-order chi connectivity index (χ0) is 19.7. The van der Waals surface area contributed by atoms with Crippen LogP contribution in [0.5, 0.6) is 0 Å². The van der Waals surface area contributed by atoms with Gasteiger partial charge in [0.25, 0.3) is 0 Å². The molecule has 0 aromatic rings. The van der Waals surface area contributed by atoms with Crippen molar-refractivity contribution in [1.29, 1.82) is 0 Å². The Morgan fingerprint density at radius 2 is 1.71 bits per heavy atom. The number of Topliss-reactive ketones (excluding diaryl/α,β-unsaturated/α-hetero) is 1. The molecule has 0 aromatic heterocycles. The highest BCUT2D eigenvalue weighted by atomic mass is 16.3. The predicted molar refractivity (Wildman–Crippen MR) is 109 cm³/mol. The predicted octanol–water partition coefficient (Wildman–Crippen LogP) is 3.25. The highest BCUT2D eigenvalue weighted by Gasteiger charge is 2.58. The summed E-state index contributed by atoms with van der Waals surface area (Å²) in [4.78, 5) is 15.2. The number of aliphatic hydroxyl groups excluding tert-OH is 1. The van der Waals surface area contributed by atoms with Crippen molar-refractivity contribution in [2.45, 2.75) is 83.3 Å². The number of rotatable bonds is 3. The molecule has 28 heavy (non-hydrogen) atoms. The summed E-state index contributed by atoms with van der Waals surface area (Å²) >= 11 is 0. The monoisotopic (exact) mass is 389 g/mol. The van der Waals surface area contributed by atoms with Gasteiger partial charge in [-0.1, -0.05) is 6.92 Å². The molecule has 8 atom stereocenters. The summed E-state index contributed by atoms with van der Waals surface area (Å²) in [7, 11) is 0. The fourth-order valence-corrected chi connectivity index (χ4v) is 8.61. The molecule has 5 fully saturated rings. The van der Waals surface area contributed by atoms with E-state index < -0.39 is 5.60 Å². The Labute approximate surface area is 170 Å². The van der Waals surface area contributed by atoms with Gasteiger partial charge in [-0.2, -0.15) is 0 Å². The quantitative estimate of drug-likeness (QED) is 0.778. The lowest BCUT2D eigenvalue weighted by Gasteiger charge is -2.57. The first-order valence-electron chi connectivity index (χ1n) is 11.9. The summed E-state index contributed by atoms with van der Waals surface area (Å²) in [5.41, 5.74) is -0.235. The van der Waals surface area contributed by atoms with Crippen LogP contribution in [0.25, 0.3) is 0 Å². The molecule has 2 N–H and O–H groups in total. The van der Waals surface area contributed by atoms with Crippen LogP contribution in [0, 0.1) is 40.9 Å². The zero-order valence-corrected chi connectivity index (χ0v) is 17.8. The molecule has 158 valence electrons. The van der Waals surface area contributed by atoms with Crippen LogP contribution in [0.4, 0.5) is 0 Å². The second-order valence-corrected chi connectivity index (χ2v) is 11.7. The summed E-state index contributed by atoms with van der Waals surface area (Å²) in [5, 5.41) is 20.1. The van der Waals surface area contributed by atoms with Crippen molar-refractivity contribution in [2.75, 3.05) is 19.6 Å². The van der Waals surface area contributed by atoms with Crippen molar-refractivity contribution >= 4 is 5.78 Å². The number of carbonyl (C=O) groups is 1. The van der Waals surface area contributed by atoms with Crippen molar-refractivity contribution in [1.82, 2.24) is 4.90 Å². The van der Waals surface area contributed by atoms with Crippen LogP contribution in [0.15, 0.2) is 0 Å². The molecule has 0 aromatic carbocycles. The number of nitrogens with zero attached hydrogens (tertiary/aromatic N) is 1. The van der Waals surface area contributed by atoms with E-state index in [1.165, 1.54) is 38.5 Å². The normalized spacial score (nSPS) is 51.7. The largest absolute Gasteiger partial charge is 0.390 e. The molecule has 0 spiro atoms. The highest BCUT2D eigenvalue weighted by molar-refractivity contribution is 5.84. The van der Waals surface area contributed by atoms with Crippen molar-refractivity contribution in [3.63, 3.8) is 0 Å². The Morgan fingerprint density at radius 1 is 0.964 bits per heavy atom. The van der Waals surface area contributed by atoms with Gasteiger partial charge in [0.1, 0.15) is 5.78 Å². The first-order chi connectivity index (χ1) is 13.3. The summed E-state index contributed by atoms with van der Waals surface area (Å²) in [6, 6.07) is 0. The lowest BCUT2D eigenvalue weighted by molar-refractivity contribution is -0.135. The Hall–Kier alpha value is -0.450. The average Bonchev–Trinajstić information content (AvgIpc) is 2.96. The van der Waals surface area contributed by atoms with Gasteiger partial charge in [0.2, 0.25) is 0 Å². The molecule has 1 heterocycles. The van der Waals surface area contributed by atoms with Crippen LogP contribution in [0.2, 0.25) is 0 Å². The third-order valence-corrected chi connectivity index (χ3v) is 9.94. The first kappa shape index (κ1) is 19.5. The second-order valence-electron chi connectivity index (χ2n) is 11.7. The van der Waals surface area contributed by atoms with Gasteiger partial charge in [0.15, 0.2) is 0 Å². The third-order valence-electron chi connectivity index (χ3n) is 9.94. The maximum absolute atomic E-state index is 13.1. The number of hydrogen-bond donors (Lipinski definition) is 2. The van der Waals surface area contributed by atoms with E-state index in [9.17, 15) is 15.0 Å². The van der Waals surface area contributed by atoms with E-state index in [4.69, 9.17) is 0 Å². The summed E-state index contributed by atoms with van der Waals surface area (Å²) in [5.74, 6) is 4.61. The topological polar surface area (TPSA) is 60.8 Å². The lowest BCUT2D eigenvalue weighted by atomic mass is 9.49. The van der Waals surface area contributed by atoms with Gasteiger partial charge in [-0.3, -0.25) is 9.69 Å². The van der Waals surface area contributed by atoms with E-state index in [-0.39, 0.29) is 17.4 Å². The maximum atomic E-state index is 13.1. The minimum absolute atomic E-state index is 0.203. The molecule has 1 aliphatic heterocycles. The van der Waals surface area contributed by atoms with Gasteiger partial charge in [0.05, 0.1) is 18.2 Å². The molecule has 0 bridgehead atoms. The maximum Gasteiger partial charge on any atom is 0.150 e. The van der Waals surface area contributed by atoms with Gasteiger partial charge in [-0.15, -0.1) is 0 Å². The van der Waals surface area contributed by atoms with E-state index in [0.29, 0.717) is 25.4 Å². The van der Waals surface area contributed by atoms with Gasteiger partial charge < -0.3 is 10.2 Å². The van der Waals surface area contributed by atoms with Gasteiger partial charge >= 0.3 is 0 Å². The van der Waals surface area contributed by atoms with Gasteiger partial charge in [0, 0.05) is 19.0 Å². The molecule has 5 aliphatic rings. The SMILES string of the molecule is C[C@@]1(O)CC[C@H]2[C@@H](CC[C@@H]3[C@@H]2CC[C@]2(C)[C@@H](C(=O)CN4CC(O)C4)CC[C@@H]32)C1. The van der Waals surface area contributed by atoms with E-state index in [1.54, 1.807) is 0 Å². The fourth-order valence-electron chi connectivity index (χ4n) is 8.61.